The molecule has 0 radical (unpaired) electrons. The van der Waals surface area contributed by atoms with Gasteiger partial charge in [-0.1, -0.05) is 31.4 Å². The van der Waals surface area contributed by atoms with E-state index in [0.717, 1.165) is 25.7 Å². The number of methoxy groups -OCH3 is 1. The van der Waals surface area contributed by atoms with Crippen molar-refractivity contribution in [3.05, 3.63) is 60.2 Å². The average molecular weight is 487 g/mol. The van der Waals surface area contributed by atoms with Gasteiger partial charge in [-0.15, -0.1) is 0 Å². The molecule has 1 fully saturated rings. The molecule has 0 bridgehead atoms. The van der Waals surface area contributed by atoms with Crippen molar-refractivity contribution in [3.63, 3.8) is 0 Å². The van der Waals surface area contributed by atoms with Crippen molar-refractivity contribution in [1.29, 1.82) is 0 Å². The van der Waals surface area contributed by atoms with Crippen LogP contribution >= 0.6 is 0 Å². The minimum Gasteiger partial charge on any atom is -0.497 e. The number of benzene rings is 2. The smallest absolute Gasteiger partial charge is 0.331 e. The summed E-state index contributed by atoms with van der Waals surface area (Å²) in [5.41, 5.74) is 1.03. The van der Waals surface area contributed by atoms with E-state index in [2.05, 4.69) is 4.72 Å². The maximum absolute atomic E-state index is 12.6. The van der Waals surface area contributed by atoms with E-state index in [4.69, 9.17) is 9.47 Å². The Kier molecular flexibility index (Phi) is 8.70. The van der Waals surface area contributed by atoms with Gasteiger partial charge in [-0.05, 0) is 60.9 Å². The SMILES string of the molecule is COc1ccc(NS(=O)(=O)c2ccc(/C=C/C(=O)OCC(=O)N(C)C3CCCCC3)cc2)cc1. The summed E-state index contributed by atoms with van der Waals surface area (Å²) >= 11 is 0. The molecule has 2 aromatic rings. The van der Waals surface area contributed by atoms with Crippen LogP contribution in [0, 0.1) is 0 Å². The molecule has 34 heavy (non-hydrogen) atoms. The van der Waals surface area contributed by atoms with Crippen LogP contribution in [0.3, 0.4) is 0 Å². The van der Waals surface area contributed by atoms with E-state index in [-0.39, 0.29) is 23.5 Å². The molecule has 0 atom stereocenters. The fourth-order valence-corrected chi connectivity index (χ4v) is 4.81. The van der Waals surface area contributed by atoms with Crippen molar-refractivity contribution in [1.82, 2.24) is 4.90 Å². The third kappa shape index (κ3) is 7.08. The number of rotatable bonds is 9. The topological polar surface area (TPSA) is 102 Å². The number of esters is 1. The van der Waals surface area contributed by atoms with Gasteiger partial charge in [0, 0.05) is 24.9 Å². The molecule has 1 amide bonds. The van der Waals surface area contributed by atoms with Crippen LogP contribution in [-0.4, -0.2) is 52.0 Å². The largest absolute Gasteiger partial charge is 0.497 e. The third-order valence-corrected chi connectivity index (χ3v) is 7.20. The summed E-state index contributed by atoms with van der Waals surface area (Å²) < 4.78 is 37.8. The van der Waals surface area contributed by atoms with Gasteiger partial charge in [0.05, 0.1) is 12.0 Å². The second-order valence-corrected chi connectivity index (χ2v) is 9.82. The Morgan fingerprint density at radius 1 is 1.03 bits per heavy atom. The lowest BCUT2D eigenvalue weighted by Crippen LogP contribution is -2.40. The highest BCUT2D eigenvalue weighted by Gasteiger charge is 2.22. The number of anilines is 1. The van der Waals surface area contributed by atoms with E-state index < -0.39 is 16.0 Å². The van der Waals surface area contributed by atoms with E-state index in [1.54, 1.807) is 48.3 Å². The summed E-state index contributed by atoms with van der Waals surface area (Å²) in [6, 6.07) is 12.8. The first kappa shape index (κ1) is 25.3. The molecule has 9 heteroatoms. The highest BCUT2D eigenvalue weighted by molar-refractivity contribution is 7.92. The van der Waals surface area contributed by atoms with Crippen LogP contribution in [0.1, 0.15) is 37.7 Å². The number of amides is 1. The average Bonchev–Trinajstić information content (AvgIpc) is 2.86. The van der Waals surface area contributed by atoms with Gasteiger partial charge in [-0.3, -0.25) is 9.52 Å². The van der Waals surface area contributed by atoms with Crippen LogP contribution in [0.25, 0.3) is 6.08 Å². The van der Waals surface area contributed by atoms with Gasteiger partial charge in [0.25, 0.3) is 15.9 Å². The van der Waals surface area contributed by atoms with Gasteiger partial charge in [-0.2, -0.15) is 0 Å². The van der Waals surface area contributed by atoms with Gasteiger partial charge in [0.2, 0.25) is 0 Å². The van der Waals surface area contributed by atoms with Crippen molar-refractivity contribution in [2.45, 2.75) is 43.0 Å². The highest BCUT2D eigenvalue weighted by atomic mass is 32.2. The molecule has 1 saturated carbocycles. The van der Waals surface area contributed by atoms with Crippen LogP contribution < -0.4 is 9.46 Å². The molecule has 1 aliphatic rings. The Morgan fingerprint density at radius 2 is 1.68 bits per heavy atom. The molecule has 0 aliphatic heterocycles. The molecule has 1 aliphatic carbocycles. The van der Waals surface area contributed by atoms with Crippen LogP contribution in [-0.2, 0) is 24.3 Å². The fraction of sp³-hybridized carbons (Fsp3) is 0.360. The molecule has 0 spiro atoms. The number of likely N-dealkylation sites (N-methyl/N-ethyl adjacent to an activating group) is 1. The summed E-state index contributed by atoms with van der Waals surface area (Å²) in [5, 5.41) is 0. The second-order valence-electron chi connectivity index (χ2n) is 8.14. The monoisotopic (exact) mass is 486 g/mol. The molecule has 3 rings (SSSR count). The molecule has 0 saturated heterocycles. The lowest BCUT2D eigenvalue weighted by molar-refractivity contribution is -0.148. The van der Waals surface area contributed by atoms with Crippen molar-refractivity contribution in [2.24, 2.45) is 0 Å². The predicted octanol–water partition coefficient (Wildman–Crippen LogP) is 3.84. The second kappa shape index (κ2) is 11.7. The lowest BCUT2D eigenvalue weighted by atomic mass is 9.94. The number of hydrogen-bond acceptors (Lipinski definition) is 6. The predicted molar refractivity (Wildman–Crippen MR) is 130 cm³/mol. The zero-order chi connectivity index (χ0) is 24.6. The van der Waals surface area contributed by atoms with E-state index in [1.165, 1.54) is 37.8 Å². The summed E-state index contributed by atoms with van der Waals surface area (Å²) in [5.74, 6) is -0.228. The summed E-state index contributed by atoms with van der Waals surface area (Å²) in [7, 11) is -0.481. The van der Waals surface area contributed by atoms with Crippen LogP contribution in [0.4, 0.5) is 5.69 Å². The lowest BCUT2D eigenvalue weighted by Gasteiger charge is -2.31. The van der Waals surface area contributed by atoms with Crippen LogP contribution in [0.15, 0.2) is 59.5 Å². The first-order valence-corrected chi connectivity index (χ1v) is 12.6. The van der Waals surface area contributed by atoms with Gasteiger partial charge in [-0.25, -0.2) is 13.2 Å². The standard InChI is InChI=1S/C25H30N2O6S/c1-27(21-6-4-3-5-7-21)24(28)18-33-25(29)17-10-19-8-15-23(16-9-19)34(30,31)26-20-11-13-22(32-2)14-12-20/h8-17,21,26H,3-7,18H2,1-2H3/b17-10+. The van der Waals surface area contributed by atoms with E-state index in [9.17, 15) is 18.0 Å². The van der Waals surface area contributed by atoms with E-state index in [1.807, 2.05) is 0 Å². The number of carbonyl (C=O) groups excluding carboxylic acids is 2. The first-order chi connectivity index (χ1) is 16.3. The molecule has 0 unspecified atom stereocenters. The molecule has 8 nitrogen and oxygen atoms in total. The molecular weight excluding hydrogens is 456 g/mol. The number of ether oxygens (including phenoxy) is 2. The number of nitrogens with zero attached hydrogens (tertiary/aromatic N) is 1. The maximum atomic E-state index is 12.6. The summed E-state index contributed by atoms with van der Waals surface area (Å²) in [6.07, 6.45) is 8.11. The fourth-order valence-electron chi connectivity index (χ4n) is 3.75. The van der Waals surface area contributed by atoms with Crippen molar-refractivity contribution in [3.8, 4) is 5.75 Å². The third-order valence-electron chi connectivity index (χ3n) is 5.80. The van der Waals surface area contributed by atoms with Crippen molar-refractivity contribution in [2.75, 3.05) is 25.5 Å². The molecule has 1 N–H and O–H groups in total. The number of carbonyl (C=O) groups is 2. The zero-order valence-electron chi connectivity index (χ0n) is 19.4. The van der Waals surface area contributed by atoms with Crippen LogP contribution in [0.2, 0.25) is 0 Å². The first-order valence-electron chi connectivity index (χ1n) is 11.2. The van der Waals surface area contributed by atoms with Gasteiger partial charge in [0.15, 0.2) is 6.61 Å². The Morgan fingerprint density at radius 3 is 2.29 bits per heavy atom. The van der Waals surface area contributed by atoms with Crippen molar-refractivity contribution >= 4 is 33.7 Å². The zero-order valence-corrected chi connectivity index (χ0v) is 20.2. The minimum atomic E-state index is -3.77. The molecule has 2 aromatic carbocycles. The van der Waals surface area contributed by atoms with E-state index >= 15 is 0 Å². The van der Waals surface area contributed by atoms with E-state index in [0.29, 0.717) is 17.0 Å². The maximum Gasteiger partial charge on any atom is 0.331 e. The highest BCUT2D eigenvalue weighted by Crippen LogP contribution is 2.22. The van der Waals surface area contributed by atoms with Crippen molar-refractivity contribution < 1.29 is 27.5 Å². The van der Waals surface area contributed by atoms with Gasteiger partial charge < -0.3 is 14.4 Å². The van der Waals surface area contributed by atoms with Gasteiger partial charge in [0.1, 0.15) is 5.75 Å². The Hall–Kier alpha value is -3.33. The number of sulfonamides is 1. The Labute approximate surface area is 200 Å². The Balaban J connectivity index is 1.51. The normalized spacial score (nSPS) is 14.5. The Bertz CT molecular complexity index is 1110. The number of hydrogen-bond donors (Lipinski definition) is 1. The quantitative estimate of drug-likeness (QED) is 0.427. The summed E-state index contributed by atoms with van der Waals surface area (Å²) in [4.78, 5) is 26.0. The molecule has 0 heterocycles. The molecular formula is C25H30N2O6S. The van der Waals surface area contributed by atoms with Gasteiger partial charge >= 0.3 is 5.97 Å². The number of nitrogens with one attached hydrogen (secondary N) is 1. The summed E-state index contributed by atoms with van der Waals surface area (Å²) in [6.45, 7) is -0.301. The minimum absolute atomic E-state index is 0.0828. The molecule has 182 valence electrons. The molecule has 0 aromatic heterocycles. The van der Waals surface area contributed by atoms with Crippen LogP contribution in [0.5, 0.6) is 5.75 Å².